The van der Waals surface area contributed by atoms with Gasteiger partial charge >= 0.3 is 5.97 Å². The van der Waals surface area contributed by atoms with E-state index in [0.29, 0.717) is 56.9 Å². The normalized spacial score (nSPS) is 37.1. The summed E-state index contributed by atoms with van der Waals surface area (Å²) in [6.07, 6.45) is 13.7. The standard InChI is InChI=1S/C52H79N5O12/c1-31-16-12-11-13-17-32(2)43(65-8)28-39-21-19-37(7)52(64,69-39)49(61)50(62)56-23-15-14-18-41(56)51(63)68-44(34(4)26-38-20-22-40(45(27-38)66-9)57-54-30-53-55-57)29-42(58)33(3)25-36(6)47(60)48(67-10)46(59)35(5)24-31/h11-13,16-17,25,30-31,34-41,43-45,47-48,60,64H,14-15,18-24,26-29H2,1-10H3/b13-11?,16-12?,32-17?,33-25+/t31-,34-,35-,36?,37-,38+,39+,40+,41+,43+,44+,45-,47-,48+,52-/m1/s1. The van der Waals surface area contributed by atoms with Crippen LogP contribution in [0, 0.1) is 35.5 Å². The first kappa shape index (κ1) is 55.7. The van der Waals surface area contributed by atoms with Gasteiger partial charge < -0.3 is 38.8 Å². The minimum absolute atomic E-state index is 0.0195. The molecule has 1 saturated carbocycles. The lowest BCUT2D eigenvalue weighted by Crippen LogP contribution is -2.61. The lowest BCUT2D eigenvalue weighted by Gasteiger charge is -2.42. The van der Waals surface area contributed by atoms with E-state index in [1.54, 1.807) is 45.9 Å². The summed E-state index contributed by atoms with van der Waals surface area (Å²) in [5.41, 5.74) is 1.20. The van der Waals surface area contributed by atoms with E-state index in [4.69, 9.17) is 23.7 Å². The molecule has 2 N–H and O–H groups in total. The van der Waals surface area contributed by atoms with E-state index in [0.717, 1.165) is 18.4 Å². The van der Waals surface area contributed by atoms with Gasteiger partial charge in [-0.2, -0.15) is 4.80 Å². The van der Waals surface area contributed by atoms with Crippen molar-refractivity contribution in [3.63, 3.8) is 0 Å². The number of hydrogen-bond acceptors (Lipinski definition) is 15. The number of aliphatic hydroxyl groups excluding tert-OH is 1. The van der Waals surface area contributed by atoms with Crippen LogP contribution in [0.2, 0.25) is 0 Å². The maximum absolute atomic E-state index is 14.5. The van der Waals surface area contributed by atoms with Crippen LogP contribution in [0.4, 0.5) is 0 Å². The second kappa shape index (κ2) is 25.7. The van der Waals surface area contributed by atoms with Gasteiger partial charge in [-0.05, 0) is 112 Å². The quantitative estimate of drug-likeness (QED) is 0.235. The third-order valence-corrected chi connectivity index (χ3v) is 15.2. The van der Waals surface area contributed by atoms with Crippen LogP contribution < -0.4 is 0 Å². The van der Waals surface area contributed by atoms with E-state index < -0.39 is 77.8 Å². The van der Waals surface area contributed by atoms with Crippen LogP contribution in [-0.2, 0) is 47.7 Å². The van der Waals surface area contributed by atoms with Gasteiger partial charge in [0.05, 0.1) is 30.5 Å². The number of fused-ring (bicyclic) bond motifs is 3. The van der Waals surface area contributed by atoms with Crippen molar-refractivity contribution in [2.45, 2.75) is 180 Å². The summed E-state index contributed by atoms with van der Waals surface area (Å²) < 4.78 is 29.9. The fraction of sp³-hybridized carbons (Fsp3) is 0.731. The molecule has 15 atom stereocenters. The second-order valence-corrected chi connectivity index (χ2v) is 20.4. The monoisotopic (exact) mass is 966 g/mol. The maximum atomic E-state index is 14.5. The molecule has 69 heavy (non-hydrogen) atoms. The van der Waals surface area contributed by atoms with E-state index in [-0.39, 0.29) is 60.9 Å². The highest BCUT2D eigenvalue weighted by Gasteiger charge is 2.53. The molecule has 17 heteroatoms. The van der Waals surface area contributed by atoms with Gasteiger partial charge in [0.1, 0.15) is 18.2 Å². The number of carbonyl (C=O) groups is 5. The number of ketones is 3. The highest BCUT2D eigenvalue weighted by molar-refractivity contribution is 6.39. The van der Waals surface area contributed by atoms with Gasteiger partial charge in [-0.1, -0.05) is 71.1 Å². The molecule has 4 aliphatic rings. The molecule has 0 spiro atoms. The smallest absolute Gasteiger partial charge is 0.329 e. The Morgan fingerprint density at radius 1 is 0.899 bits per heavy atom. The van der Waals surface area contributed by atoms with Crippen molar-refractivity contribution in [2.24, 2.45) is 35.5 Å². The molecule has 2 bridgehead atoms. The van der Waals surface area contributed by atoms with Crippen molar-refractivity contribution in [2.75, 3.05) is 27.9 Å². The van der Waals surface area contributed by atoms with Crippen LogP contribution in [0.15, 0.2) is 53.9 Å². The van der Waals surface area contributed by atoms with Gasteiger partial charge in [-0.25, -0.2) is 4.79 Å². The van der Waals surface area contributed by atoms with E-state index >= 15 is 0 Å². The van der Waals surface area contributed by atoms with Gasteiger partial charge in [0, 0.05) is 58.5 Å². The summed E-state index contributed by atoms with van der Waals surface area (Å²) in [4.78, 5) is 73.9. The van der Waals surface area contributed by atoms with Crippen molar-refractivity contribution >= 4 is 29.2 Å². The van der Waals surface area contributed by atoms with E-state index in [1.165, 1.54) is 18.3 Å². The van der Waals surface area contributed by atoms with Crippen LogP contribution >= 0.6 is 0 Å². The van der Waals surface area contributed by atoms with Crippen molar-refractivity contribution in [1.29, 1.82) is 0 Å². The number of allylic oxidation sites excluding steroid dienone is 6. The molecule has 3 aliphatic heterocycles. The van der Waals surface area contributed by atoms with Crippen LogP contribution in [0.5, 0.6) is 0 Å². The molecule has 17 nitrogen and oxygen atoms in total. The molecule has 4 heterocycles. The lowest BCUT2D eigenvalue weighted by atomic mass is 9.78. The Bertz CT molecular complexity index is 2020. The number of aromatic nitrogens is 4. The van der Waals surface area contributed by atoms with Gasteiger partial charge in [-0.3, -0.25) is 19.2 Å². The predicted molar refractivity (Wildman–Crippen MR) is 256 cm³/mol. The lowest BCUT2D eigenvalue weighted by molar-refractivity contribution is -0.265. The first-order valence-electron chi connectivity index (χ1n) is 25.0. The Morgan fingerprint density at radius 3 is 2.33 bits per heavy atom. The number of amides is 1. The number of piperidine rings is 1. The molecular weight excluding hydrogens is 887 g/mol. The summed E-state index contributed by atoms with van der Waals surface area (Å²) >= 11 is 0. The second-order valence-electron chi connectivity index (χ2n) is 20.4. The zero-order valence-electron chi connectivity index (χ0n) is 42.5. The largest absolute Gasteiger partial charge is 0.460 e. The fourth-order valence-corrected chi connectivity index (χ4v) is 10.7. The summed E-state index contributed by atoms with van der Waals surface area (Å²) in [6, 6.07) is -1.25. The Labute approximate surface area is 408 Å². The molecule has 384 valence electrons. The molecule has 1 aromatic rings. The van der Waals surface area contributed by atoms with Crippen molar-refractivity contribution in [3.05, 3.63) is 53.9 Å². The number of esters is 1. The zero-order chi connectivity index (χ0) is 50.6. The van der Waals surface area contributed by atoms with Crippen molar-refractivity contribution in [3.8, 4) is 0 Å². The van der Waals surface area contributed by atoms with Crippen molar-refractivity contribution in [1.82, 2.24) is 25.1 Å². The summed E-state index contributed by atoms with van der Waals surface area (Å²) in [5.74, 6) is -7.91. The summed E-state index contributed by atoms with van der Waals surface area (Å²) in [5, 5.41) is 35.7. The fourth-order valence-electron chi connectivity index (χ4n) is 10.7. The minimum atomic E-state index is -2.43. The molecule has 1 amide bonds. The first-order valence-corrected chi connectivity index (χ1v) is 25.0. The van der Waals surface area contributed by atoms with Gasteiger partial charge in [0.15, 0.2) is 17.9 Å². The Hall–Kier alpha value is -4.26. The zero-order valence-corrected chi connectivity index (χ0v) is 42.5. The average molecular weight is 966 g/mol. The number of rotatable bonds is 7. The van der Waals surface area contributed by atoms with Crippen LogP contribution in [0.25, 0.3) is 0 Å². The SMILES string of the molecule is CO[C@H]1C[C@@H]2CC[C@@H](C)[C@@](O)(O2)C(=O)C(=O)N2CCCC[C@H]2C(=O)O[C@H]([C@H](C)C[C@@H]2CC[C@H](n3ncnn3)[C@H](OC)C2)CC(=O)/C(C)=C/C(C)[C@@H](O)[C@@H](OC)C(=O)[C@H](C)C[C@H](C)C=CC=CC=C1C. The Balaban J connectivity index is 1.46. The molecule has 0 radical (unpaired) electrons. The van der Waals surface area contributed by atoms with Gasteiger partial charge in [0.25, 0.3) is 11.7 Å². The molecule has 5 rings (SSSR count). The van der Waals surface area contributed by atoms with Gasteiger partial charge in [-0.15, -0.1) is 10.2 Å². The number of hydrogen-bond donors (Lipinski definition) is 2. The maximum Gasteiger partial charge on any atom is 0.329 e. The highest BCUT2D eigenvalue weighted by atomic mass is 16.6. The molecule has 1 aromatic heterocycles. The van der Waals surface area contributed by atoms with Gasteiger partial charge in [0.2, 0.25) is 5.79 Å². The van der Waals surface area contributed by atoms with Crippen LogP contribution in [0.3, 0.4) is 0 Å². The topological polar surface area (TPSA) is 219 Å². The minimum Gasteiger partial charge on any atom is -0.460 e. The summed E-state index contributed by atoms with van der Waals surface area (Å²) in [7, 11) is 4.62. The molecule has 1 unspecified atom stereocenters. The molecular formula is C52H79N5O12. The number of methoxy groups -OCH3 is 3. The average Bonchev–Trinajstić information content (AvgIpc) is 3.88. The van der Waals surface area contributed by atoms with Crippen LogP contribution in [0.1, 0.15) is 132 Å². The molecule has 1 aliphatic carbocycles. The number of Topliss-reactive ketones (excluding diaryl/α,β-unsaturated/α-hetero) is 3. The number of ether oxygens (including phenoxy) is 5. The van der Waals surface area contributed by atoms with Crippen molar-refractivity contribution < 1.29 is 57.9 Å². The molecule has 3 fully saturated rings. The van der Waals surface area contributed by atoms with E-state index in [9.17, 15) is 34.2 Å². The van der Waals surface area contributed by atoms with E-state index in [2.05, 4.69) is 15.4 Å². The summed E-state index contributed by atoms with van der Waals surface area (Å²) in [6.45, 7) is 12.8. The first-order chi connectivity index (χ1) is 32.8. The number of nitrogens with zero attached hydrogens (tertiary/aromatic N) is 5. The predicted octanol–water partition coefficient (Wildman–Crippen LogP) is 6.05. The third kappa shape index (κ3) is 14.2. The third-order valence-electron chi connectivity index (χ3n) is 15.2. The van der Waals surface area contributed by atoms with Crippen LogP contribution in [-0.4, -0.2) is 141 Å². The number of aliphatic hydroxyl groups is 2. The number of tetrazole rings is 1. The Morgan fingerprint density at radius 2 is 1.65 bits per heavy atom. The van der Waals surface area contributed by atoms with E-state index in [1.807, 2.05) is 58.1 Å². The Kier molecular flexibility index (Phi) is 20.8. The molecule has 0 aromatic carbocycles. The highest BCUT2D eigenvalue weighted by Crippen LogP contribution is 2.39. The molecule has 2 saturated heterocycles. The number of carbonyl (C=O) groups excluding carboxylic acids is 5. The number of cyclic esters (lactones) is 1.